The zero-order valence-electron chi connectivity index (χ0n) is 9.88. The third-order valence-corrected chi connectivity index (χ3v) is 3.86. The number of thiophene rings is 1. The summed E-state index contributed by atoms with van der Waals surface area (Å²) >= 11 is 7.60. The lowest BCUT2D eigenvalue weighted by atomic mass is 9.98. The summed E-state index contributed by atoms with van der Waals surface area (Å²) in [5.74, 6) is 0.641. The van der Waals surface area contributed by atoms with Gasteiger partial charge in [-0.15, -0.1) is 11.3 Å². The molecule has 1 aromatic rings. The highest BCUT2D eigenvalue weighted by molar-refractivity contribution is 7.16. The van der Waals surface area contributed by atoms with Crippen molar-refractivity contribution >= 4 is 22.9 Å². The highest BCUT2D eigenvalue weighted by Gasteiger charge is 2.14. The van der Waals surface area contributed by atoms with Crippen LogP contribution in [0, 0.1) is 5.92 Å². The Morgan fingerprint density at radius 3 is 2.40 bits per heavy atom. The molecular formula is C12H20ClNS. The van der Waals surface area contributed by atoms with E-state index in [9.17, 15) is 0 Å². The van der Waals surface area contributed by atoms with Crippen LogP contribution in [-0.4, -0.2) is 12.1 Å². The van der Waals surface area contributed by atoms with Gasteiger partial charge < -0.3 is 5.32 Å². The molecule has 15 heavy (non-hydrogen) atoms. The summed E-state index contributed by atoms with van der Waals surface area (Å²) in [6.45, 7) is 8.91. The van der Waals surface area contributed by atoms with Crippen LogP contribution in [0.4, 0.5) is 0 Å². The molecule has 1 heterocycles. The highest BCUT2D eigenvalue weighted by atomic mass is 35.5. The van der Waals surface area contributed by atoms with Gasteiger partial charge in [0.15, 0.2) is 0 Å². The Morgan fingerprint density at radius 2 is 1.93 bits per heavy atom. The van der Waals surface area contributed by atoms with Gasteiger partial charge in [-0.05, 0) is 31.4 Å². The van der Waals surface area contributed by atoms with Crippen LogP contribution in [0.15, 0.2) is 12.1 Å². The second-order valence-corrected chi connectivity index (χ2v) is 6.30. The molecule has 2 atom stereocenters. The number of hydrogen-bond donors (Lipinski definition) is 1. The fraction of sp³-hybridized carbons (Fsp3) is 0.667. The Bertz CT molecular complexity index is 296. The van der Waals surface area contributed by atoms with E-state index in [4.69, 9.17) is 11.6 Å². The Kier molecular flexibility index (Phi) is 5.10. The van der Waals surface area contributed by atoms with Gasteiger partial charge in [-0.25, -0.2) is 0 Å². The number of rotatable bonds is 5. The lowest BCUT2D eigenvalue weighted by Gasteiger charge is -2.23. The predicted octanol–water partition coefficient (Wildman–Crippen LogP) is 3.97. The van der Waals surface area contributed by atoms with Gasteiger partial charge in [-0.3, -0.25) is 0 Å². The molecule has 1 N–H and O–H groups in total. The van der Waals surface area contributed by atoms with Crippen molar-refractivity contribution < 1.29 is 0 Å². The molecule has 1 rings (SSSR count). The lowest BCUT2D eigenvalue weighted by Crippen LogP contribution is -2.37. The molecule has 1 nitrogen and oxygen atoms in total. The van der Waals surface area contributed by atoms with Crippen molar-refractivity contribution in [2.75, 3.05) is 0 Å². The number of halogens is 1. The third-order valence-electron chi connectivity index (χ3n) is 2.60. The largest absolute Gasteiger partial charge is 0.312 e. The zero-order valence-corrected chi connectivity index (χ0v) is 11.5. The fourth-order valence-corrected chi connectivity index (χ4v) is 2.87. The zero-order chi connectivity index (χ0) is 11.4. The van der Waals surface area contributed by atoms with Crippen molar-refractivity contribution in [2.24, 2.45) is 5.92 Å². The summed E-state index contributed by atoms with van der Waals surface area (Å²) in [6, 6.07) is 5.21. The Morgan fingerprint density at radius 1 is 1.27 bits per heavy atom. The van der Waals surface area contributed by atoms with E-state index in [0.717, 1.165) is 10.8 Å². The van der Waals surface area contributed by atoms with Crippen LogP contribution in [0.25, 0.3) is 0 Å². The van der Waals surface area contributed by atoms with Crippen molar-refractivity contribution in [1.29, 1.82) is 0 Å². The Labute approximate surface area is 102 Å². The molecule has 0 bridgehead atoms. The second-order valence-electron chi connectivity index (χ2n) is 4.50. The van der Waals surface area contributed by atoms with Crippen LogP contribution < -0.4 is 5.32 Å². The van der Waals surface area contributed by atoms with Crippen LogP contribution >= 0.6 is 22.9 Å². The van der Waals surface area contributed by atoms with Gasteiger partial charge in [0.05, 0.1) is 4.34 Å². The van der Waals surface area contributed by atoms with Gasteiger partial charge in [0, 0.05) is 17.0 Å². The maximum absolute atomic E-state index is 5.91. The maximum Gasteiger partial charge on any atom is 0.0931 e. The van der Waals surface area contributed by atoms with Crippen molar-refractivity contribution in [3.8, 4) is 0 Å². The van der Waals surface area contributed by atoms with Crippen LogP contribution in [0.5, 0.6) is 0 Å². The summed E-state index contributed by atoms with van der Waals surface area (Å²) in [5.41, 5.74) is 0. The van der Waals surface area contributed by atoms with Crippen molar-refractivity contribution in [1.82, 2.24) is 5.32 Å². The molecule has 0 saturated carbocycles. The quantitative estimate of drug-likeness (QED) is 0.828. The number of hydrogen-bond acceptors (Lipinski definition) is 2. The standard InChI is InChI=1S/C12H20ClNS/c1-8(2)14-10(4)9(3)7-11-5-6-12(13)15-11/h5-6,8-10,14H,7H2,1-4H3. The molecule has 0 aliphatic carbocycles. The average molecular weight is 246 g/mol. The van der Waals surface area contributed by atoms with Crippen molar-refractivity contribution in [3.05, 3.63) is 21.3 Å². The van der Waals surface area contributed by atoms with Crippen LogP contribution in [0.2, 0.25) is 4.34 Å². The van der Waals surface area contributed by atoms with Gasteiger partial charge >= 0.3 is 0 Å². The molecule has 0 radical (unpaired) electrons. The van der Waals surface area contributed by atoms with Gasteiger partial charge in [0.1, 0.15) is 0 Å². The minimum absolute atomic E-state index is 0.547. The molecule has 0 fully saturated rings. The van der Waals surface area contributed by atoms with E-state index < -0.39 is 0 Å². The first kappa shape index (κ1) is 13.0. The van der Waals surface area contributed by atoms with Crippen molar-refractivity contribution in [3.63, 3.8) is 0 Å². The highest BCUT2D eigenvalue weighted by Crippen LogP contribution is 2.24. The second kappa shape index (κ2) is 5.88. The molecule has 86 valence electrons. The molecule has 0 aromatic carbocycles. The molecule has 0 aliphatic rings. The molecule has 0 amide bonds. The average Bonchev–Trinajstić information content (AvgIpc) is 2.50. The third kappa shape index (κ3) is 4.54. The molecule has 0 spiro atoms. The minimum Gasteiger partial charge on any atom is -0.312 e. The topological polar surface area (TPSA) is 12.0 Å². The first-order valence-electron chi connectivity index (χ1n) is 5.49. The van der Waals surface area contributed by atoms with E-state index in [1.54, 1.807) is 11.3 Å². The molecular weight excluding hydrogens is 226 g/mol. The van der Waals surface area contributed by atoms with E-state index in [2.05, 4.69) is 39.1 Å². The molecule has 3 heteroatoms. The molecule has 1 aromatic heterocycles. The summed E-state index contributed by atoms with van der Waals surface area (Å²) in [4.78, 5) is 1.38. The summed E-state index contributed by atoms with van der Waals surface area (Å²) < 4.78 is 0.890. The summed E-state index contributed by atoms with van der Waals surface area (Å²) in [7, 11) is 0. The van der Waals surface area contributed by atoms with E-state index >= 15 is 0 Å². The van der Waals surface area contributed by atoms with E-state index in [1.807, 2.05) is 6.07 Å². The molecule has 2 unspecified atom stereocenters. The normalized spacial score (nSPS) is 15.6. The first-order chi connectivity index (χ1) is 6.99. The van der Waals surface area contributed by atoms with E-state index in [1.165, 1.54) is 4.88 Å². The molecule has 0 saturated heterocycles. The van der Waals surface area contributed by atoms with Gasteiger partial charge in [-0.2, -0.15) is 0 Å². The van der Waals surface area contributed by atoms with E-state index in [-0.39, 0.29) is 0 Å². The van der Waals surface area contributed by atoms with Gasteiger partial charge in [-0.1, -0.05) is 32.4 Å². The van der Waals surface area contributed by atoms with Crippen LogP contribution in [-0.2, 0) is 6.42 Å². The number of nitrogens with one attached hydrogen (secondary N) is 1. The lowest BCUT2D eigenvalue weighted by molar-refractivity contribution is 0.373. The predicted molar refractivity (Wildman–Crippen MR) is 69.9 cm³/mol. The Hall–Kier alpha value is -0.0500. The first-order valence-corrected chi connectivity index (χ1v) is 6.68. The van der Waals surface area contributed by atoms with Gasteiger partial charge in [0.2, 0.25) is 0 Å². The molecule has 0 aliphatic heterocycles. The van der Waals surface area contributed by atoms with Crippen LogP contribution in [0.1, 0.15) is 32.6 Å². The SMILES string of the molecule is CC(C)NC(C)C(C)Cc1ccc(Cl)s1. The fourth-order valence-electron chi connectivity index (χ4n) is 1.65. The summed E-state index contributed by atoms with van der Waals surface area (Å²) in [6.07, 6.45) is 1.11. The Balaban J connectivity index is 2.44. The van der Waals surface area contributed by atoms with Crippen LogP contribution in [0.3, 0.4) is 0 Å². The van der Waals surface area contributed by atoms with Crippen molar-refractivity contribution in [2.45, 2.75) is 46.2 Å². The monoisotopic (exact) mass is 245 g/mol. The van der Waals surface area contributed by atoms with Gasteiger partial charge in [0.25, 0.3) is 0 Å². The maximum atomic E-state index is 5.91. The smallest absolute Gasteiger partial charge is 0.0931 e. The van der Waals surface area contributed by atoms with E-state index in [0.29, 0.717) is 18.0 Å². The summed E-state index contributed by atoms with van der Waals surface area (Å²) in [5, 5.41) is 3.54. The minimum atomic E-state index is 0.547.